The molecular formula is C12H20N4O. The lowest BCUT2D eigenvalue weighted by Gasteiger charge is -2.24. The Balaban J connectivity index is 2.27. The lowest BCUT2D eigenvalue weighted by molar-refractivity contribution is 0.412. The van der Waals surface area contributed by atoms with Gasteiger partial charge in [-0.25, -0.2) is 9.97 Å². The molecule has 1 aliphatic rings. The highest BCUT2D eigenvalue weighted by Gasteiger charge is 2.26. The van der Waals surface area contributed by atoms with Crippen LogP contribution in [0.15, 0.2) is 6.33 Å². The van der Waals surface area contributed by atoms with Crippen molar-refractivity contribution in [2.24, 2.45) is 5.92 Å². The van der Waals surface area contributed by atoms with Gasteiger partial charge in [0.2, 0.25) is 5.75 Å². The van der Waals surface area contributed by atoms with Crippen LogP contribution in [0.2, 0.25) is 0 Å². The second kappa shape index (κ2) is 5.21. The van der Waals surface area contributed by atoms with E-state index < -0.39 is 0 Å². The molecule has 1 N–H and O–H groups in total. The standard InChI is InChI=1S/C12H20N4O/c1-4-16(7-9-5-6-9)12-10(17-3)11(13-2)14-8-15-12/h8-9H,4-7H2,1-3H3,(H,13,14,15). The summed E-state index contributed by atoms with van der Waals surface area (Å²) in [6.45, 7) is 4.14. The average Bonchev–Trinajstić information content (AvgIpc) is 3.18. The maximum Gasteiger partial charge on any atom is 0.204 e. The summed E-state index contributed by atoms with van der Waals surface area (Å²) in [5, 5.41) is 3.03. The summed E-state index contributed by atoms with van der Waals surface area (Å²) in [6.07, 6.45) is 4.25. The van der Waals surface area contributed by atoms with Gasteiger partial charge < -0.3 is 15.0 Å². The number of methoxy groups -OCH3 is 1. The lowest BCUT2D eigenvalue weighted by atomic mass is 10.3. The highest BCUT2D eigenvalue weighted by molar-refractivity contribution is 5.64. The van der Waals surface area contributed by atoms with Crippen molar-refractivity contribution in [3.8, 4) is 5.75 Å². The summed E-state index contributed by atoms with van der Waals surface area (Å²) in [7, 11) is 3.50. The van der Waals surface area contributed by atoms with E-state index in [4.69, 9.17) is 4.74 Å². The van der Waals surface area contributed by atoms with E-state index in [-0.39, 0.29) is 0 Å². The number of nitrogens with zero attached hydrogens (tertiary/aromatic N) is 3. The molecule has 0 bridgehead atoms. The van der Waals surface area contributed by atoms with E-state index in [1.54, 1.807) is 13.4 Å². The molecule has 0 amide bonds. The monoisotopic (exact) mass is 236 g/mol. The molecular weight excluding hydrogens is 216 g/mol. The maximum atomic E-state index is 5.42. The minimum atomic E-state index is 0.734. The molecule has 0 saturated heterocycles. The van der Waals surface area contributed by atoms with E-state index in [1.807, 2.05) is 7.05 Å². The highest BCUT2D eigenvalue weighted by atomic mass is 16.5. The van der Waals surface area contributed by atoms with Crippen LogP contribution in [0.4, 0.5) is 11.6 Å². The van der Waals surface area contributed by atoms with Crippen LogP contribution in [0, 0.1) is 5.92 Å². The van der Waals surface area contributed by atoms with Gasteiger partial charge in [-0.3, -0.25) is 0 Å². The Morgan fingerprint density at radius 1 is 1.47 bits per heavy atom. The van der Waals surface area contributed by atoms with Gasteiger partial charge in [-0.1, -0.05) is 0 Å². The molecule has 0 unspecified atom stereocenters. The zero-order chi connectivity index (χ0) is 12.3. The maximum absolute atomic E-state index is 5.42. The molecule has 5 heteroatoms. The van der Waals surface area contributed by atoms with E-state index in [1.165, 1.54) is 12.8 Å². The van der Waals surface area contributed by atoms with E-state index in [9.17, 15) is 0 Å². The van der Waals surface area contributed by atoms with Gasteiger partial charge in [0.15, 0.2) is 11.6 Å². The van der Waals surface area contributed by atoms with Crippen molar-refractivity contribution in [3.63, 3.8) is 0 Å². The minimum Gasteiger partial charge on any atom is -0.490 e. The topological polar surface area (TPSA) is 50.3 Å². The van der Waals surface area contributed by atoms with Crippen molar-refractivity contribution in [3.05, 3.63) is 6.33 Å². The molecule has 0 radical (unpaired) electrons. The van der Waals surface area contributed by atoms with Crippen LogP contribution < -0.4 is 15.0 Å². The van der Waals surface area contributed by atoms with E-state index in [0.717, 1.165) is 36.4 Å². The SMILES string of the molecule is CCN(CC1CC1)c1ncnc(NC)c1OC. The Morgan fingerprint density at radius 2 is 2.24 bits per heavy atom. The van der Waals surface area contributed by atoms with Crippen LogP contribution in [-0.2, 0) is 0 Å². The smallest absolute Gasteiger partial charge is 0.204 e. The fourth-order valence-corrected chi connectivity index (χ4v) is 1.93. The van der Waals surface area contributed by atoms with E-state index >= 15 is 0 Å². The second-order valence-corrected chi connectivity index (χ2v) is 4.31. The molecule has 1 heterocycles. The van der Waals surface area contributed by atoms with Crippen molar-refractivity contribution in [2.75, 3.05) is 37.5 Å². The van der Waals surface area contributed by atoms with Gasteiger partial charge in [0.25, 0.3) is 0 Å². The Bertz CT molecular complexity index is 379. The molecule has 2 rings (SSSR count). The summed E-state index contributed by atoms with van der Waals surface area (Å²) in [6, 6.07) is 0. The van der Waals surface area contributed by atoms with E-state index in [0.29, 0.717) is 0 Å². The second-order valence-electron chi connectivity index (χ2n) is 4.31. The minimum absolute atomic E-state index is 0.734. The van der Waals surface area contributed by atoms with Crippen LogP contribution in [0.3, 0.4) is 0 Å². The predicted octanol–water partition coefficient (Wildman–Crippen LogP) is 1.76. The Kier molecular flexibility index (Phi) is 3.66. The fourth-order valence-electron chi connectivity index (χ4n) is 1.93. The summed E-state index contributed by atoms with van der Waals surface area (Å²) >= 11 is 0. The van der Waals surface area contributed by atoms with Gasteiger partial charge in [-0.2, -0.15) is 0 Å². The predicted molar refractivity (Wildman–Crippen MR) is 68.7 cm³/mol. The summed E-state index contributed by atoms with van der Waals surface area (Å²) < 4.78 is 5.42. The number of aromatic nitrogens is 2. The largest absolute Gasteiger partial charge is 0.490 e. The Hall–Kier alpha value is -1.52. The van der Waals surface area contributed by atoms with Crippen LogP contribution >= 0.6 is 0 Å². The first-order valence-corrected chi connectivity index (χ1v) is 6.11. The van der Waals surface area contributed by atoms with Crippen LogP contribution in [0.5, 0.6) is 5.75 Å². The van der Waals surface area contributed by atoms with Gasteiger partial charge in [-0.05, 0) is 25.7 Å². The van der Waals surface area contributed by atoms with Gasteiger partial charge >= 0.3 is 0 Å². The summed E-state index contributed by atoms with van der Waals surface area (Å²) in [4.78, 5) is 10.8. The molecule has 0 spiro atoms. The van der Waals surface area contributed by atoms with Crippen LogP contribution in [0.1, 0.15) is 19.8 Å². The summed E-state index contributed by atoms with van der Waals surface area (Å²) in [5.41, 5.74) is 0. The third kappa shape index (κ3) is 2.60. The van der Waals surface area contributed by atoms with Crippen molar-refractivity contribution in [2.45, 2.75) is 19.8 Å². The molecule has 1 fully saturated rings. The molecule has 1 aromatic rings. The number of anilines is 2. The van der Waals surface area contributed by atoms with Crippen LogP contribution in [0.25, 0.3) is 0 Å². The van der Waals surface area contributed by atoms with Gasteiger partial charge in [-0.15, -0.1) is 0 Å². The molecule has 94 valence electrons. The molecule has 0 atom stereocenters. The van der Waals surface area contributed by atoms with Crippen molar-refractivity contribution in [1.29, 1.82) is 0 Å². The molecule has 1 aliphatic carbocycles. The average molecular weight is 236 g/mol. The quantitative estimate of drug-likeness (QED) is 0.815. The molecule has 1 saturated carbocycles. The fraction of sp³-hybridized carbons (Fsp3) is 0.667. The lowest BCUT2D eigenvalue weighted by Crippen LogP contribution is -2.27. The Morgan fingerprint density at radius 3 is 2.76 bits per heavy atom. The highest BCUT2D eigenvalue weighted by Crippen LogP contribution is 2.35. The van der Waals surface area contributed by atoms with Crippen molar-refractivity contribution in [1.82, 2.24) is 9.97 Å². The number of ether oxygens (including phenoxy) is 1. The molecule has 5 nitrogen and oxygen atoms in total. The van der Waals surface area contributed by atoms with Gasteiger partial charge in [0, 0.05) is 20.1 Å². The number of hydrogen-bond donors (Lipinski definition) is 1. The van der Waals surface area contributed by atoms with Gasteiger partial charge in [0.05, 0.1) is 7.11 Å². The number of nitrogens with one attached hydrogen (secondary N) is 1. The van der Waals surface area contributed by atoms with Gasteiger partial charge in [0.1, 0.15) is 6.33 Å². The van der Waals surface area contributed by atoms with Crippen molar-refractivity contribution < 1.29 is 4.74 Å². The Labute approximate surface area is 102 Å². The van der Waals surface area contributed by atoms with E-state index in [2.05, 4.69) is 27.1 Å². The third-order valence-electron chi connectivity index (χ3n) is 3.08. The third-order valence-corrected chi connectivity index (χ3v) is 3.08. The first-order chi connectivity index (χ1) is 8.30. The zero-order valence-electron chi connectivity index (χ0n) is 10.7. The molecule has 0 aliphatic heterocycles. The number of hydrogen-bond acceptors (Lipinski definition) is 5. The molecule has 17 heavy (non-hydrogen) atoms. The summed E-state index contributed by atoms with van der Waals surface area (Å²) in [5.74, 6) is 3.19. The van der Waals surface area contributed by atoms with Crippen molar-refractivity contribution >= 4 is 11.6 Å². The first kappa shape index (κ1) is 12.0. The molecule has 0 aromatic carbocycles. The van der Waals surface area contributed by atoms with Crippen LogP contribution in [-0.4, -0.2) is 37.2 Å². The first-order valence-electron chi connectivity index (χ1n) is 6.11. The number of rotatable bonds is 6. The molecule has 1 aromatic heterocycles. The normalized spacial score (nSPS) is 14.5. The zero-order valence-corrected chi connectivity index (χ0v) is 10.7.